The molecule has 0 aliphatic rings. The number of hydrogen-bond acceptors (Lipinski definition) is 3. The molecule has 3 N–H and O–H groups in total. The van der Waals surface area contributed by atoms with Crippen LogP contribution in [0.2, 0.25) is 5.02 Å². The largest absolute Gasteiger partial charge is 0.480 e. The molecule has 0 aliphatic heterocycles. The van der Waals surface area contributed by atoms with Crippen LogP contribution in [0.15, 0.2) is 18.2 Å². The lowest BCUT2D eigenvalue weighted by Gasteiger charge is -2.19. The Labute approximate surface area is 154 Å². The fraction of sp³-hybridized carbons (Fsp3) is 0.467. The van der Waals surface area contributed by atoms with E-state index in [2.05, 4.69) is 10.6 Å². The molecule has 1 aromatic carbocycles. The zero-order valence-corrected chi connectivity index (χ0v) is 15.1. The van der Waals surface area contributed by atoms with Crippen LogP contribution in [0.5, 0.6) is 0 Å². The highest BCUT2D eigenvalue weighted by atomic mass is 35.5. The molecule has 2 unspecified atom stereocenters. The van der Waals surface area contributed by atoms with Gasteiger partial charge in [0.25, 0.3) is 0 Å². The predicted molar refractivity (Wildman–Crippen MR) is 91.3 cm³/mol. The molecule has 10 heteroatoms. The number of carboxylic acids is 1. The van der Waals surface area contributed by atoms with Crippen molar-refractivity contribution in [2.45, 2.75) is 44.9 Å². The molecular weight excluding hydrogens is 384 g/mol. The van der Waals surface area contributed by atoms with Crippen molar-refractivity contribution >= 4 is 41.6 Å². The van der Waals surface area contributed by atoms with Gasteiger partial charge in [-0.2, -0.15) is 13.2 Å². The third-order valence-corrected chi connectivity index (χ3v) is 3.59. The van der Waals surface area contributed by atoms with Crippen LogP contribution in [0.1, 0.15) is 32.3 Å². The fourth-order valence-electron chi connectivity index (χ4n) is 2.02. The lowest BCUT2D eigenvalue weighted by molar-refractivity contribution is -0.140. The van der Waals surface area contributed by atoms with E-state index < -0.39 is 40.7 Å². The summed E-state index contributed by atoms with van der Waals surface area (Å²) in [4.78, 5) is 23.1. The quantitative estimate of drug-likeness (QED) is 0.644. The van der Waals surface area contributed by atoms with Crippen LogP contribution in [-0.2, 0) is 15.8 Å². The standard InChI is InChI=1S/C15H18ClF3N2O3.ClH/c1-3-4-12(14(23)24)20-8(2)13(22)21-9-5-6-11(16)10(7-9)15(17,18)19;/h5-8,12,20H,3-4H2,1-2H3,(H,21,22)(H,23,24);1H. The lowest BCUT2D eigenvalue weighted by Crippen LogP contribution is -2.47. The number of aliphatic carboxylic acids is 1. The summed E-state index contributed by atoms with van der Waals surface area (Å²) in [7, 11) is 0. The first-order valence-electron chi connectivity index (χ1n) is 7.22. The minimum atomic E-state index is -4.64. The Balaban J connectivity index is 0.00000576. The summed E-state index contributed by atoms with van der Waals surface area (Å²) in [6.07, 6.45) is -3.71. The van der Waals surface area contributed by atoms with Gasteiger partial charge in [0.2, 0.25) is 5.91 Å². The van der Waals surface area contributed by atoms with Crippen molar-refractivity contribution in [3.05, 3.63) is 28.8 Å². The average molecular weight is 403 g/mol. The molecule has 1 amide bonds. The summed E-state index contributed by atoms with van der Waals surface area (Å²) < 4.78 is 38.4. The summed E-state index contributed by atoms with van der Waals surface area (Å²) in [6.45, 7) is 3.23. The Morgan fingerprint density at radius 3 is 2.40 bits per heavy atom. The van der Waals surface area contributed by atoms with E-state index in [1.54, 1.807) is 6.92 Å². The summed E-state index contributed by atoms with van der Waals surface area (Å²) >= 11 is 5.51. The topological polar surface area (TPSA) is 78.4 Å². The molecule has 0 aliphatic carbocycles. The Hall–Kier alpha value is -1.51. The van der Waals surface area contributed by atoms with Crippen LogP contribution in [0, 0.1) is 0 Å². The molecule has 0 heterocycles. The van der Waals surface area contributed by atoms with Gasteiger partial charge in [0.15, 0.2) is 0 Å². The zero-order chi connectivity index (χ0) is 18.5. The van der Waals surface area contributed by atoms with Gasteiger partial charge in [0, 0.05) is 5.69 Å². The second-order valence-corrected chi connectivity index (χ2v) is 5.66. The van der Waals surface area contributed by atoms with Gasteiger partial charge in [-0.25, -0.2) is 0 Å². The van der Waals surface area contributed by atoms with Crippen LogP contribution in [0.4, 0.5) is 18.9 Å². The van der Waals surface area contributed by atoms with Gasteiger partial charge in [-0.15, -0.1) is 12.4 Å². The van der Waals surface area contributed by atoms with Gasteiger partial charge in [-0.05, 0) is 31.5 Å². The second-order valence-electron chi connectivity index (χ2n) is 5.25. The van der Waals surface area contributed by atoms with E-state index in [-0.39, 0.29) is 18.1 Å². The highest BCUT2D eigenvalue weighted by Crippen LogP contribution is 2.36. The number of nitrogens with one attached hydrogen (secondary N) is 2. The molecule has 0 saturated carbocycles. The molecule has 2 atom stereocenters. The van der Waals surface area contributed by atoms with E-state index in [0.717, 1.165) is 12.1 Å². The SMILES string of the molecule is CCCC(NC(C)C(=O)Nc1ccc(Cl)c(C(F)(F)F)c1)C(=O)O.Cl. The number of benzene rings is 1. The van der Waals surface area contributed by atoms with Crippen molar-refractivity contribution in [2.24, 2.45) is 0 Å². The maximum absolute atomic E-state index is 12.8. The van der Waals surface area contributed by atoms with Crippen LogP contribution in [-0.4, -0.2) is 29.1 Å². The number of amides is 1. The summed E-state index contributed by atoms with van der Waals surface area (Å²) in [6, 6.07) is 1.19. The molecule has 0 aromatic heterocycles. The molecule has 0 bridgehead atoms. The molecule has 1 aromatic rings. The average Bonchev–Trinajstić information content (AvgIpc) is 2.47. The number of halogens is 5. The smallest absolute Gasteiger partial charge is 0.417 e. The number of carboxylic acid groups (broad SMARTS) is 1. The lowest BCUT2D eigenvalue weighted by atomic mass is 10.1. The van der Waals surface area contributed by atoms with Gasteiger partial charge >= 0.3 is 12.1 Å². The highest BCUT2D eigenvalue weighted by Gasteiger charge is 2.33. The normalized spacial score (nSPS) is 13.5. The summed E-state index contributed by atoms with van der Waals surface area (Å²) in [5.41, 5.74) is -1.13. The maximum Gasteiger partial charge on any atom is 0.417 e. The van der Waals surface area contributed by atoms with Gasteiger partial charge < -0.3 is 10.4 Å². The highest BCUT2D eigenvalue weighted by molar-refractivity contribution is 6.31. The molecule has 0 radical (unpaired) electrons. The van der Waals surface area contributed by atoms with Crippen molar-refractivity contribution in [1.29, 1.82) is 0 Å². The van der Waals surface area contributed by atoms with Crippen molar-refractivity contribution in [1.82, 2.24) is 5.32 Å². The Bertz CT molecular complexity index is 612. The second kappa shape index (κ2) is 9.84. The zero-order valence-electron chi connectivity index (χ0n) is 13.5. The Morgan fingerprint density at radius 2 is 1.92 bits per heavy atom. The Morgan fingerprint density at radius 1 is 1.32 bits per heavy atom. The van der Waals surface area contributed by atoms with Crippen molar-refractivity contribution in [3.63, 3.8) is 0 Å². The van der Waals surface area contributed by atoms with Crippen molar-refractivity contribution in [2.75, 3.05) is 5.32 Å². The number of hydrogen-bond donors (Lipinski definition) is 3. The van der Waals surface area contributed by atoms with E-state index in [1.807, 2.05) is 0 Å². The molecule has 5 nitrogen and oxygen atoms in total. The predicted octanol–water partition coefficient (Wildman–Crippen LogP) is 3.95. The first-order valence-corrected chi connectivity index (χ1v) is 7.60. The number of anilines is 1. The molecule has 142 valence electrons. The van der Waals surface area contributed by atoms with Crippen LogP contribution in [0.25, 0.3) is 0 Å². The third-order valence-electron chi connectivity index (χ3n) is 3.26. The van der Waals surface area contributed by atoms with Gasteiger partial charge in [-0.3, -0.25) is 14.9 Å². The molecular formula is C15H19Cl2F3N2O3. The molecule has 0 fully saturated rings. The van der Waals surface area contributed by atoms with E-state index in [9.17, 15) is 22.8 Å². The fourth-order valence-corrected chi connectivity index (χ4v) is 2.24. The Kier molecular flexibility index (Phi) is 9.24. The van der Waals surface area contributed by atoms with Crippen LogP contribution in [0.3, 0.4) is 0 Å². The van der Waals surface area contributed by atoms with E-state index in [4.69, 9.17) is 16.7 Å². The molecule has 0 saturated heterocycles. The number of alkyl halides is 3. The van der Waals surface area contributed by atoms with E-state index >= 15 is 0 Å². The third kappa shape index (κ3) is 7.09. The van der Waals surface area contributed by atoms with Crippen molar-refractivity contribution in [3.8, 4) is 0 Å². The van der Waals surface area contributed by atoms with Gasteiger partial charge in [0.1, 0.15) is 6.04 Å². The van der Waals surface area contributed by atoms with Crippen LogP contribution >= 0.6 is 24.0 Å². The number of rotatable bonds is 7. The van der Waals surface area contributed by atoms with Crippen LogP contribution < -0.4 is 10.6 Å². The van der Waals surface area contributed by atoms with Gasteiger partial charge in [0.05, 0.1) is 16.6 Å². The van der Waals surface area contributed by atoms with Crippen molar-refractivity contribution < 1.29 is 27.9 Å². The first kappa shape index (κ1) is 23.5. The number of carbonyl (C=O) groups is 2. The van der Waals surface area contributed by atoms with E-state index in [1.165, 1.54) is 13.0 Å². The summed E-state index contributed by atoms with van der Waals surface area (Å²) in [5, 5.41) is 13.5. The van der Waals surface area contributed by atoms with E-state index in [0.29, 0.717) is 12.8 Å². The first-order chi connectivity index (χ1) is 11.1. The summed E-state index contributed by atoms with van der Waals surface area (Å²) in [5.74, 6) is -1.74. The minimum Gasteiger partial charge on any atom is -0.480 e. The molecule has 0 spiro atoms. The maximum atomic E-state index is 12.8. The minimum absolute atomic E-state index is 0. The molecule has 25 heavy (non-hydrogen) atoms. The monoisotopic (exact) mass is 402 g/mol. The van der Waals surface area contributed by atoms with Gasteiger partial charge in [-0.1, -0.05) is 24.9 Å². The number of carbonyl (C=O) groups excluding carboxylic acids is 1. The molecule has 1 rings (SSSR count).